The van der Waals surface area contributed by atoms with E-state index in [9.17, 15) is 9.59 Å². The van der Waals surface area contributed by atoms with Crippen molar-refractivity contribution in [2.24, 2.45) is 5.73 Å². The summed E-state index contributed by atoms with van der Waals surface area (Å²) in [5.41, 5.74) is 5.39. The van der Waals surface area contributed by atoms with Crippen molar-refractivity contribution < 1.29 is 9.53 Å². The predicted molar refractivity (Wildman–Crippen MR) is 96.0 cm³/mol. The average Bonchev–Trinajstić information content (AvgIpc) is 2.58. The minimum absolute atomic E-state index is 0.0760. The third-order valence-corrected chi connectivity index (χ3v) is 4.05. The Morgan fingerprint density at radius 1 is 1.20 bits per heavy atom. The summed E-state index contributed by atoms with van der Waals surface area (Å²) in [5, 5.41) is 1.22. The Morgan fingerprint density at radius 3 is 2.72 bits per heavy atom. The molecule has 0 aliphatic rings. The van der Waals surface area contributed by atoms with Gasteiger partial charge in [-0.1, -0.05) is 35.3 Å². The predicted octanol–water partition coefficient (Wildman–Crippen LogP) is 2.77. The smallest absolute Gasteiger partial charge is 0.261 e. The maximum absolute atomic E-state index is 12.6. The number of ether oxygens (including phenoxy) is 1. The molecule has 2 aromatic carbocycles. The number of nitrogens with zero attached hydrogens (tertiary/aromatic N) is 2. The molecule has 0 bridgehead atoms. The van der Waals surface area contributed by atoms with E-state index in [1.165, 1.54) is 4.57 Å². The number of amides is 1. The first-order valence-corrected chi connectivity index (χ1v) is 8.06. The van der Waals surface area contributed by atoms with E-state index < -0.39 is 5.91 Å². The number of para-hydroxylation sites is 1. The molecular weight excluding hydrogens is 365 g/mol. The van der Waals surface area contributed by atoms with E-state index in [0.29, 0.717) is 26.7 Å². The Balaban J connectivity index is 2.03. The average molecular weight is 378 g/mol. The molecule has 0 radical (unpaired) electrons. The van der Waals surface area contributed by atoms with Gasteiger partial charge < -0.3 is 10.5 Å². The van der Waals surface area contributed by atoms with Gasteiger partial charge in [0.1, 0.15) is 18.9 Å². The highest BCUT2D eigenvalue weighted by Gasteiger charge is 2.14. The molecule has 128 valence electrons. The number of benzene rings is 2. The number of hydrogen-bond donors (Lipinski definition) is 1. The van der Waals surface area contributed by atoms with Crippen molar-refractivity contribution in [3.63, 3.8) is 0 Å². The van der Waals surface area contributed by atoms with Crippen LogP contribution in [0.1, 0.15) is 5.82 Å². The highest BCUT2D eigenvalue weighted by molar-refractivity contribution is 6.34. The third-order valence-electron chi connectivity index (χ3n) is 3.50. The SMILES string of the molecule is NC(=O)Cn1c(COc2cc(Cl)ccc2Cl)nc2ccccc2c1=O. The lowest BCUT2D eigenvalue weighted by molar-refractivity contribution is -0.118. The van der Waals surface area contributed by atoms with E-state index >= 15 is 0 Å². The molecule has 25 heavy (non-hydrogen) atoms. The van der Waals surface area contributed by atoms with Crippen LogP contribution in [0.5, 0.6) is 5.75 Å². The van der Waals surface area contributed by atoms with Gasteiger partial charge in [-0.15, -0.1) is 0 Å². The molecule has 0 saturated carbocycles. The summed E-state index contributed by atoms with van der Waals surface area (Å²) in [6.07, 6.45) is 0. The number of fused-ring (bicyclic) bond motifs is 1. The molecule has 0 atom stereocenters. The van der Waals surface area contributed by atoms with Crippen molar-refractivity contribution in [3.05, 3.63) is 68.7 Å². The summed E-state index contributed by atoms with van der Waals surface area (Å²) in [6.45, 7) is -0.369. The van der Waals surface area contributed by atoms with Gasteiger partial charge in [-0.05, 0) is 24.3 Å². The second-order valence-electron chi connectivity index (χ2n) is 5.27. The molecule has 1 amide bonds. The molecule has 1 aromatic heterocycles. The Hall–Kier alpha value is -2.57. The van der Waals surface area contributed by atoms with Crippen molar-refractivity contribution in [1.82, 2.24) is 9.55 Å². The van der Waals surface area contributed by atoms with Crippen LogP contribution in [0.2, 0.25) is 10.0 Å². The zero-order valence-corrected chi connectivity index (χ0v) is 14.4. The summed E-state index contributed by atoms with van der Waals surface area (Å²) in [4.78, 5) is 28.4. The van der Waals surface area contributed by atoms with E-state index in [4.69, 9.17) is 33.7 Å². The van der Waals surface area contributed by atoms with Crippen molar-refractivity contribution >= 4 is 40.0 Å². The minimum atomic E-state index is -0.652. The lowest BCUT2D eigenvalue weighted by Crippen LogP contribution is -2.32. The van der Waals surface area contributed by atoms with Crippen LogP contribution < -0.4 is 16.0 Å². The number of primary amides is 1. The standard InChI is InChI=1S/C17H13Cl2N3O3/c18-10-5-6-12(19)14(7-10)25-9-16-21-13-4-2-1-3-11(13)17(24)22(16)8-15(20)23/h1-7H,8-9H2,(H2,20,23). The van der Waals surface area contributed by atoms with Crippen LogP contribution >= 0.6 is 23.2 Å². The third kappa shape index (κ3) is 3.75. The number of carbonyl (C=O) groups excluding carboxylic acids is 1. The van der Waals surface area contributed by atoms with Crippen LogP contribution in [0.4, 0.5) is 0 Å². The van der Waals surface area contributed by atoms with Crippen LogP contribution in [0, 0.1) is 0 Å². The molecule has 1 heterocycles. The monoisotopic (exact) mass is 377 g/mol. The molecule has 6 nitrogen and oxygen atoms in total. The van der Waals surface area contributed by atoms with Gasteiger partial charge in [-0.25, -0.2) is 4.98 Å². The first-order chi connectivity index (χ1) is 12.0. The quantitative estimate of drug-likeness (QED) is 0.740. The topological polar surface area (TPSA) is 87.2 Å². The van der Waals surface area contributed by atoms with Gasteiger partial charge in [0, 0.05) is 11.1 Å². The first-order valence-electron chi connectivity index (χ1n) is 7.30. The van der Waals surface area contributed by atoms with Crippen molar-refractivity contribution in [3.8, 4) is 5.75 Å². The Morgan fingerprint density at radius 2 is 1.96 bits per heavy atom. The van der Waals surface area contributed by atoms with Crippen LogP contribution in [0.3, 0.4) is 0 Å². The van der Waals surface area contributed by atoms with Gasteiger partial charge in [0.05, 0.1) is 15.9 Å². The second kappa shape index (κ2) is 7.13. The van der Waals surface area contributed by atoms with Crippen molar-refractivity contribution in [2.75, 3.05) is 0 Å². The fourth-order valence-corrected chi connectivity index (χ4v) is 2.71. The Labute approximate surface area is 152 Å². The van der Waals surface area contributed by atoms with Gasteiger partial charge in [0.25, 0.3) is 5.56 Å². The second-order valence-corrected chi connectivity index (χ2v) is 6.11. The van der Waals surface area contributed by atoms with Crippen LogP contribution in [-0.2, 0) is 17.9 Å². The van der Waals surface area contributed by atoms with Crippen LogP contribution in [-0.4, -0.2) is 15.5 Å². The largest absolute Gasteiger partial charge is 0.484 e. The summed E-state index contributed by atoms with van der Waals surface area (Å²) in [5.74, 6) is -0.0399. The zero-order chi connectivity index (χ0) is 18.0. The van der Waals surface area contributed by atoms with E-state index in [-0.39, 0.29) is 24.5 Å². The number of rotatable bonds is 5. The van der Waals surface area contributed by atoms with Crippen molar-refractivity contribution in [2.45, 2.75) is 13.2 Å². The van der Waals surface area contributed by atoms with E-state index in [2.05, 4.69) is 4.98 Å². The lowest BCUT2D eigenvalue weighted by atomic mass is 10.2. The van der Waals surface area contributed by atoms with E-state index in [1.54, 1.807) is 42.5 Å². The number of aromatic nitrogens is 2. The van der Waals surface area contributed by atoms with E-state index in [0.717, 1.165) is 0 Å². The molecule has 3 aromatic rings. The van der Waals surface area contributed by atoms with Gasteiger partial charge >= 0.3 is 0 Å². The molecule has 0 saturated heterocycles. The fourth-order valence-electron chi connectivity index (χ4n) is 2.37. The molecule has 0 aliphatic carbocycles. The maximum Gasteiger partial charge on any atom is 0.261 e. The van der Waals surface area contributed by atoms with Gasteiger partial charge in [-0.3, -0.25) is 14.2 Å². The Kier molecular flexibility index (Phi) is 4.92. The van der Waals surface area contributed by atoms with Crippen LogP contribution in [0.25, 0.3) is 10.9 Å². The highest BCUT2D eigenvalue weighted by Crippen LogP contribution is 2.28. The lowest BCUT2D eigenvalue weighted by Gasteiger charge is -2.13. The molecule has 0 fully saturated rings. The molecule has 0 aliphatic heterocycles. The van der Waals surface area contributed by atoms with Gasteiger partial charge in [0.15, 0.2) is 5.82 Å². The highest BCUT2D eigenvalue weighted by atomic mass is 35.5. The Bertz CT molecular complexity index is 1020. The van der Waals surface area contributed by atoms with E-state index in [1.807, 2.05) is 0 Å². The molecular formula is C17H13Cl2N3O3. The summed E-state index contributed by atoms with van der Waals surface area (Å²) < 4.78 is 6.84. The zero-order valence-electron chi connectivity index (χ0n) is 12.9. The molecule has 3 rings (SSSR count). The normalized spacial score (nSPS) is 10.8. The molecule has 8 heteroatoms. The first kappa shape index (κ1) is 17.3. The summed E-state index contributed by atoms with van der Waals surface area (Å²) in [7, 11) is 0. The number of nitrogens with two attached hydrogens (primary N) is 1. The minimum Gasteiger partial charge on any atom is -0.484 e. The molecule has 0 unspecified atom stereocenters. The van der Waals surface area contributed by atoms with Gasteiger partial charge in [-0.2, -0.15) is 0 Å². The van der Waals surface area contributed by atoms with Crippen LogP contribution in [0.15, 0.2) is 47.3 Å². The summed E-state index contributed by atoms with van der Waals surface area (Å²) >= 11 is 12.0. The number of carbonyl (C=O) groups is 1. The fraction of sp³-hybridized carbons (Fsp3) is 0.118. The van der Waals surface area contributed by atoms with Gasteiger partial charge in [0.2, 0.25) is 5.91 Å². The van der Waals surface area contributed by atoms with Crippen molar-refractivity contribution in [1.29, 1.82) is 0 Å². The number of halogens is 2. The number of hydrogen-bond acceptors (Lipinski definition) is 4. The molecule has 0 spiro atoms. The summed E-state index contributed by atoms with van der Waals surface area (Å²) in [6, 6.07) is 11.6. The maximum atomic E-state index is 12.6. The molecule has 2 N–H and O–H groups in total.